The van der Waals surface area contributed by atoms with E-state index in [0.29, 0.717) is 22.0 Å². The van der Waals surface area contributed by atoms with Crippen LogP contribution in [0.2, 0.25) is 0 Å². The lowest BCUT2D eigenvalue weighted by Gasteiger charge is -2.16. The molecule has 0 aliphatic carbocycles. The molecule has 0 aliphatic rings. The zero-order valence-electron chi connectivity index (χ0n) is 11.1. The molecule has 0 saturated heterocycles. The molecule has 1 unspecified atom stereocenters. The first-order valence-electron chi connectivity index (χ1n) is 6.11. The second-order valence-electron chi connectivity index (χ2n) is 4.95. The van der Waals surface area contributed by atoms with Gasteiger partial charge in [0.1, 0.15) is 4.99 Å². The summed E-state index contributed by atoms with van der Waals surface area (Å²) >= 11 is 4.90. The normalized spacial score (nSPS) is 12.2. The molecule has 0 fully saturated rings. The number of carbonyl (C=O) groups excluding carboxylic acids is 1. The van der Waals surface area contributed by atoms with Gasteiger partial charge in [-0.3, -0.25) is 4.79 Å². The van der Waals surface area contributed by atoms with Crippen LogP contribution in [0.5, 0.6) is 0 Å². The number of hydrogen-bond donors (Lipinski definition) is 2. The summed E-state index contributed by atoms with van der Waals surface area (Å²) in [5.74, 6) is 0.476. The van der Waals surface area contributed by atoms with Crippen LogP contribution in [0.1, 0.15) is 43.1 Å². The minimum atomic E-state index is -0.0822. The molecular formula is C14H20N2OS. The Balaban J connectivity index is 2.72. The van der Waals surface area contributed by atoms with Gasteiger partial charge in [0.25, 0.3) is 5.91 Å². The summed E-state index contributed by atoms with van der Waals surface area (Å²) in [5, 5.41) is 2.97. The minimum Gasteiger partial charge on any atom is -0.389 e. The van der Waals surface area contributed by atoms with Crippen molar-refractivity contribution in [1.82, 2.24) is 5.32 Å². The van der Waals surface area contributed by atoms with Crippen LogP contribution in [-0.4, -0.2) is 16.9 Å². The molecule has 0 bridgehead atoms. The second-order valence-corrected chi connectivity index (χ2v) is 5.39. The van der Waals surface area contributed by atoms with E-state index in [-0.39, 0.29) is 11.9 Å². The maximum absolute atomic E-state index is 12.0. The fraction of sp³-hybridized carbons (Fsp3) is 0.429. The first-order valence-corrected chi connectivity index (χ1v) is 6.51. The van der Waals surface area contributed by atoms with Gasteiger partial charge in [-0.1, -0.05) is 38.2 Å². The number of amides is 1. The summed E-state index contributed by atoms with van der Waals surface area (Å²) < 4.78 is 0. The van der Waals surface area contributed by atoms with Crippen molar-refractivity contribution < 1.29 is 4.79 Å². The number of carbonyl (C=O) groups is 1. The quantitative estimate of drug-likeness (QED) is 0.803. The van der Waals surface area contributed by atoms with Gasteiger partial charge < -0.3 is 11.1 Å². The summed E-state index contributed by atoms with van der Waals surface area (Å²) in [7, 11) is 0. The highest BCUT2D eigenvalue weighted by Crippen LogP contribution is 2.08. The second kappa shape index (κ2) is 6.50. The SMILES string of the molecule is CC(C)CC(C)NC(=O)c1cccc(C(N)=S)c1. The molecule has 18 heavy (non-hydrogen) atoms. The molecule has 1 aromatic rings. The van der Waals surface area contributed by atoms with Crippen molar-refractivity contribution in [2.24, 2.45) is 11.7 Å². The standard InChI is InChI=1S/C14H20N2OS/c1-9(2)7-10(3)16-14(17)12-6-4-5-11(8-12)13(15)18/h4-6,8-10H,7H2,1-3H3,(H2,15,18)(H,16,17). The summed E-state index contributed by atoms with van der Waals surface area (Å²) in [6, 6.07) is 7.23. The van der Waals surface area contributed by atoms with Gasteiger partial charge in [-0.2, -0.15) is 0 Å². The molecule has 0 aliphatic heterocycles. The number of nitrogens with two attached hydrogens (primary N) is 1. The van der Waals surface area contributed by atoms with Crippen LogP contribution >= 0.6 is 12.2 Å². The van der Waals surface area contributed by atoms with E-state index < -0.39 is 0 Å². The average molecular weight is 264 g/mol. The van der Waals surface area contributed by atoms with Crippen LogP contribution in [0, 0.1) is 5.92 Å². The molecular weight excluding hydrogens is 244 g/mol. The highest BCUT2D eigenvalue weighted by atomic mass is 32.1. The van der Waals surface area contributed by atoms with E-state index in [2.05, 4.69) is 19.2 Å². The van der Waals surface area contributed by atoms with Crippen molar-refractivity contribution in [2.45, 2.75) is 33.2 Å². The smallest absolute Gasteiger partial charge is 0.251 e. The van der Waals surface area contributed by atoms with Crippen molar-refractivity contribution in [2.75, 3.05) is 0 Å². The Morgan fingerprint density at radius 3 is 2.50 bits per heavy atom. The predicted molar refractivity (Wildman–Crippen MR) is 78.7 cm³/mol. The van der Waals surface area contributed by atoms with Crippen molar-refractivity contribution in [3.63, 3.8) is 0 Å². The van der Waals surface area contributed by atoms with Crippen molar-refractivity contribution in [3.05, 3.63) is 35.4 Å². The minimum absolute atomic E-state index is 0.0822. The van der Waals surface area contributed by atoms with Gasteiger partial charge in [0.15, 0.2) is 0 Å². The summed E-state index contributed by atoms with van der Waals surface area (Å²) in [4.78, 5) is 12.3. The lowest BCUT2D eigenvalue weighted by Crippen LogP contribution is -2.33. The molecule has 0 saturated carbocycles. The monoisotopic (exact) mass is 264 g/mol. The first-order chi connectivity index (χ1) is 8.40. The van der Waals surface area contributed by atoms with Gasteiger partial charge in [-0.15, -0.1) is 0 Å². The maximum atomic E-state index is 12.0. The van der Waals surface area contributed by atoms with E-state index >= 15 is 0 Å². The van der Waals surface area contributed by atoms with Crippen LogP contribution in [0.25, 0.3) is 0 Å². The van der Waals surface area contributed by atoms with Crippen LogP contribution < -0.4 is 11.1 Å². The highest BCUT2D eigenvalue weighted by molar-refractivity contribution is 7.80. The van der Waals surface area contributed by atoms with E-state index in [0.717, 1.165) is 6.42 Å². The van der Waals surface area contributed by atoms with E-state index in [1.807, 2.05) is 6.92 Å². The van der Waals surface area contributed by atoms with Gasteiger partial charge in [-0.05, 0) is 31.4 Å². The Hall–Kier alpha value is -1.42. The summed E-state index contributed by atoms with van der Waals surface area (Å²) in [5.41, 5.74) is 6.86. The Morgan fingerprint density at radius 1 is 1.33 bits per heavy atom. The molecule has 1 amide bonds. The Labute approximate surface area is 114 Å². The summed E-state index contributed by atoms with van der Waals surface area (Å²) in [6.07, 6.45) is 0.959. The molecule has 3 N–H and O–H groups in total. The van der Waals surface area contributed by atoms with Crippen LogP contribution in [-0.2, 0) is 0 Å². The van der Waals surface area contributed by atoms with Gasteiger partial charge in [0.2, 0.25) is 0 Å². The molecule has 0 aromatic heterocycles. The molecule has 98 valence electrons. The van der Waals surface area contributed by atoms with E-state index in [1.54, 1.807) is 24.3 Å². The van der Waals surface area contributed by atoms with E-state index in [9.17, 15) is 4.79 Å². The number of hydrogen-bond acceptors (Lipinski definition) is 2. The Morgan fingerprint density at radius 2 is 1.94 bits per heavy atom. The van der Waals surface area contributed by atoms with E-state index in [1.165, 1.54) is 0 Å². The van der Waals surface area contributed by atoms with Crippen molar-refractivity contribution in [1.29, 1.82) is 0 Å². The van der Waals surface area contributed by atoms with Crippen LogP contribution in [0.4, 0.5) is 0 Å². The number of thiocarbonyl (C=S) groups is 1. The Bertz CT molecular complexity index is 443. The largest absolute Gasteiger partial charge is 0.389 e. The van der Waals surface area contributed by atoms with Gasteiger partial charge in [0.05, 0.1) is 0 Å². The topological polar surface area (TPSA) is 55.1 Å². The molecule has 1 aromatic carbocycles. The van der Waals surface area contributed by atoms with Gasteiger partial charge in [-0.25, -0.2) is 0 Å². The maximum Gasteiger partial charge on any atom is 0.251 e. The number of nitrogens with one attached hydrogen (secondary N) is 1. The molecule has 3 nitrogen and oxygen atoms in total. The third-order valence-electron chi connectivity index (χ3n) is 2.61. The van der Waals surface area contributed by atoms with Crippen molar-refractivity contribution >= 4 is 23.1 Å². The zero-order chi connectivity index (χ0) is 13.7. The lowest BCUT2D eigenvalue weighted by molar-refractivity contribution is 0.0936. The fourth-order valence-corrected chi connectivity index (χ4v) is 2.01. The fourth-order valence-electron chi connectivity index (χ4n) is 1.89. The predicted octanol–water partition coefficient (Wildman–Crippen LogP) is 2.49. The molecule has 0 spiro atoms. The van der Waals surface area contributed by atoms with Gasteiger partial charge >= 0.3 is 0 Å². The van der Waals surface area contributed by atoms with Gasteiger partial charge in [0, 0.05) is 17.2 Å². The lowest BCUT2D eigenvalue weighted by atomic mass is 10.0. The Kier molecular flexibility index (Phi) is 5.28. The first kappa shape index (κ1) is 14.6. The third kappa shape index (κ3) is 4.45. The van der Waals surface area contributed by atoms with E-state index in [4.69, 9.17) is 18.0 Å². The summed E-state index contributed by atoms with van der Waals surface area (Å²) in [6.45, 7) is 6.28. The third-order valence-corrected chi connectivity index (χ3v) is 2.85. The zero-order valence-corrected chi connectivity index (χ0v) is 11.9. The highest BCUT2D eigenvalue weighted by Gasteiger charge is 2.11. The van der Waals surface area contributed by atoms with Crippen LogP contribution in [0.3, 0.4) is 0 Å². The number of benzene rings is 1. The average Bonchev–Trinajstić information content (AvgIpc) is 2.27. The molecule has 0 heterocycles. The number of rotatable bonds is 5. The van der Waals surface area contributed by atoms with Crippen LogP contribution in [0.15, 0.2) is 24.3 Å². The van der Waals surface area contributed by atoms with Crippen molar-refractivity contribution in [3.8, 4) is 0 Å². The molecule has 1 atom stereocenters. The molecule has 4 heteroatoms. The molecule has 1 rings (SSSR count). The molecule has 0 radical (unpaired) electrons.